The van der Waals surface area contributed by atoms with Crippen molar-refractivity contribution in [3.63, 3.8) is 0 Å². The number of hydrogen-bond donors (Lipinski definition) is 1. The molecule has 0 aliphatic heterocycles. The lowest BCUT2D eigenvalue weighted by Crippen LogP contribution is -2.18. The van der Waals surface area contributed by atoms with Gasteiger partial charge in [-0.3, -0.25) is 9.89 Å². The number of nitrogens with one attached hydrogen (secondary N) is 1. The Morgan fingerprint density at radius 2 is 2.00 bits per heavy atom. The first-order valence-corrected chi connectivity index (χ1v) is 5.66. The van der Waals surface area contributed by atoms with E-state index in [1.165, 1.54) is 4.68 Å². The Kier molecular flexibility index (Phi) is 2.83. The van der Waals surface area contributed by atoms with Gasteiger partial charge in [0.15, 0.2) is 5.82 Å². The molecule has 2 aromatic rings. The Morgan fingerprint density at radius 3 is 2.53 bits per heavy atom. The third-order valence-electron chi connectivity index (χ3n) is 2.73. The second-order valence-electron chi connectivity index (χ2n) is 4.12. The number of aryl methyl sites for hydroxylation is 3. The van der Waals surface area contributed by atoms with Crippen molar-refractivity contribution in [2.24, 2.45) is 0 Å². The summed E-state index contributed by atoms with van der Waals surface area (Å²) in [5.41, 5.74) is 2.53. The van der Waals surface area contributed by atoms with Crippen LogP contribution in [0.4, 0.5) is 0 Å². The van der Waals surface area contributed by atoms with E-state index in [4.69, 9.17) is 0 Å². The highest BCUT2D eigenvalue weighted by atomic mass is 16.1. The minimum Gasteiger partial charge on any atom is -0.294 e. The molecule has 0 saturated heterocycles. The Labute approximate surface area is 99.5 Å². The molecule has 0 amide bonds. The standard InChI is InChI=1S/C12H16N4O/c1-5-10-8(3)15-16(12(10)17)11-6-7(2)13-9(4)14-11/h6,15H,5H2,1-4H3. The summed E-state index contributed by atoms with van der Waals surface area (Å²) in [6.45, 7) is 7.58. The van der Waals surface area contributed by atoms with Gasteiger partial charge in [0.05, 0.1) is 0 Å². The van der Waals surface area contributed by atoms with Crippen molar-refractivity contribution in [2.45, 2.75) is 34.1 Å². The van der Waals surface area contributed by atoms with Crippen LogP contribution in [0.1, 0.15) is 29.7 Å². The lowest BCUT2D eigenvalue weighted by molar-refractivity contribution is 0.788. The van der Waals surface area contributed by atoms with Crippen LogP contribution in [0.2, 0.25) is 0 Å². The number of rotatable bonds is 2. The molecule has 0 unspecified atom stereocenters. The summed E-state index contributed by atoms with van der Waals surface area (Å²) in [7, 11) is 0. The van der Waals surface area contributed by atoms with Crippen LogP contribution < -0.4 is 5.56 Å². The summed E-state index contributed by atoms with van der Waals surface area (Å²) < 4.78 is 1.48. The maximum absolute atomic E-state index is 12.1. The van der Waals surface area contributed by atoms with E-state index < -0.39 is 0 Å². The molecule has 0 fully saturated rings. The molecule has 0 spiro atoms. The number of aromatic nitrogens is 4. The quantitative estimate of drug-likeness (QED) is 0.852. The van der Waals surface area contributed by atoms with Crippen LogP contribution in [-0.2, 0) is 6.42 Å². The molecule has 0 bridgehead atoms. The van der Waals surface area contributed by atoms with E-state index in [9.17, 15) is 4.79 Å². The van der Waals surface area contributed by atoms with Crippen LogP contribution in [0.15, 0.2) is 10.9 Å². The zero-order valence-electron chi connectivity index (χ0n) is 10.5. The fourth-order valence-electron chi connectivity index (χ4n) is 1.97. The molecular formula is C12H16N4O. The molecule has 0 aromatic carbocycles. The van der Waals surface area contributed by atoms with Gasteiger partial charge in [-0.15, -0.1) is 0 Å². The van der Waals surface area contributed by atoms with Gasteiger partial charge >= 0.3 is 0 Å². The topological polar surface area (TPSA) is 63.6 Å². The third-order valence-corrected chi connectivity index (χ3v) is 2.73. The van der Waals surface area contributed by atoms with E-state index in [0.29, 0.717) is 11.6 Å². The van der Waals surface area contributed by atoms with Crippen LogP contribution in [0.25, 0.3) is 5.82 Å². The molecular weight excluding hydrogens is 216 g/mol. The van der Waals surface area contributed by atoms with Crippen LogP contribution in [0.5, 0.6) is 0 Å². The van der Waals surface area contributed by atoms with Crippen molar-refractivity contribution in [1.29, 1.82) is 0 Å². The minimum absolute atomic E-state index is 0.0255. The molecule has 0 aliphatic rings. The Bertz CT molecular complexity index is 589. The van der Waals surface area contributed by atoms with E-state index >= 15 is 0 Å². The Balaban J connectivity index is 2.65. The zero-order chi connectivity index (χ0) is 12.6. The van der Waals surface area contributed by atoms with Crippen LogP contribution in [0, 0.1) is 20.8 Å². The largest absolute Gasteiger partial charge is 0.294 e. The SMILES string of the molecule is CCc1c(C)[nH]n(-c2cc(C)nc(C)n2)c1=O. The van der Waals surface area contributed by atoms with Crippen molar-refractivity contribution in [1.82, 2.24) is 19.7 Å². The predicted octanol–water partition coefficient (Wildman–Crippen LogP) is 1.44. The molecule has 5 nitrogen and oxygen atoms in total. The second kappa shape index (κ2) is 4.16. The van der Waals surface area contributed by atoms with Crippen molar-refractivity contribution in [3.05, 3.63) is 39.2 Å². The highest BCUT2D eigenvalue weighted by Gasteiger charge is 2.11. The first-order valence-electron chi connectivity index (χ1n) is 5.66. The molecule has 0 saturated carbocycles. The smallest absolute Gasteiger partial charge is 0.276 e. The third kappa shape index (κ3) is 2.00. The van der Waals surface area contributed by atoms with Gasteiger partial charge in [-0.25, -0.2) is 14.6 Å². The van der Waals surface area contributed by atoms with Crippen LogP contribution >= 0.6 is 0 Å². The fraction of sp³-hybridized carbons (Fsp3) is 0.417. The van der Waals surface area contributed by atoms with Crippen molar-refractivity contribution in [2.75, 3.05) is 0 Å². The fourth-order valence-corrected chi connectivity index (χ4v) is 1.97. The van der Waals surface area contributed by atoms with Gasteiger partial charge in [0.2, 0.25) is 0 Å². The summed E-state index contributed by atoms with van der Waals surface area (Å²) in [4.78, 5) is 20.6. The van der Waals surface area contributed by atoms with Gasteiger partial charge < -0.3 is 0 Å². The molecule has 0 aliphatic carbocycles. The van der Waals surface area contributed by atoms with Gasteiger partial charge in [0.1, 0.15) is 5.82 Å². The maximum Gasteiger partial charge on any atom is 0.276 e. The first-order chi connectivity index (χ1) is 8.02. The lowest BCUT2D eigenvalue weighted by Gasteiger charge is -2.03. The number of H-pyrrole nitrogens is 1. The molecule has 17 heavy (non-hydrogen) atoms. The summed E-state index contributed by atoms with van der Waals surface area (Å²) in [6, 6.07) is 1.80. The molecule has 90 valence electrons. The van der Waals surface area contributed by atoms with E-state index in [-0.39, 0.29) is 5.56 Å². The summed E-state index contributed by atoms with van der Waals surface area (Å²) in [5, 5.41) is 3.05. The predicted molar refractivity (Wildman–Crippen MR) is 65.6 cm³/mol. The van der Waals surface area contributed by atoms with E-state index in [1.54, 1.807) is 6.07 Å². The van der Waals surface area contributed by atoms with Gasteiger partial charge in [-0.2, -0.15) is 0 Å². The highest BCUT2D eigenvalue weighted by molar-refractivity contribution is 5.27. The molecule has 2 rings (SSSR count). The minimum atomic E-state index is -0.0255. The second-order valence-corrected chi connectivity index (χ2v) is 4.12. The van der Waals surface area contributed by atoms with Crippen molar-refractivity contribution in [3.8, 4) is 5.82 Å². The molecule has 0 atom stereocenters. The Morgan fingerprint density at radius 1 is 1.29 bits per heavy atom. The average Bonchev–Trinajstić information content (AvgIpc) is 2.52. The maximum atomic E-state index is 12.1. The normalized spacial score (nSPS) is 10.8. The van der Waals surface area contributed by atoms with Gasteiger partial charge in [-0.1, -0.05) is 6.92 Å². The van der Waals surface area contributed by atoms with E-state index in [0.717, 1.165) is 23.4 Å². The zero-order valence-corrected chi connectivity index (χ0v) is 10.5. The molecule has 0 radical (unpaired) electrons. The summed E-state index contributed by atoms with van der Waals surface area (Å²) in [6.07, 6.45) is 0.719. The van der Waals surface area contributed by atoms with E-state index in [2.05, 4.69) is 15.1 Å². The van der Waals surface area contributed by atoms with Gasteiger partial charge in [-0.05, 0) is 27.2 Å². The monoisotopic (exact) mass is 232 g/mol. The Hall–Kier alpha value is -1.91. The summed E-state index contributed by atoms with van der Waals surface area (Å²) >= 11 is 0. The number of hydrogen-bond acceptors (Lipinski definition) is 3. The molecule has 2 aromatic heterocycles. The molecule has 2 heterocycles. The van der Waals surface area contributed by atoms with Gasteiger partial charge in [0.25, 0.3) is 5.56 Å². The number of nitrogens with zero attached hydrogens (tertiary/aromatic N) is 3. The lowest BCUT2D eigenvalue weighted by atomic mass is 10.2. The van der Waals surface area contributed by atoms with E-state index in [1.807, 2.05) is 27.7 Å². The molecule has 5 heteroatoms. The first kappa shape index (κ1) is 11.6. The number of aromatic amines is 1. The summed E-state index contributed by atoms with van der Waals surface area (Å²) in [5.74, 6) is 1.26. The van der Waals surface area contributed by atoms with Gasteiger partial charge in [0, 0.05) is 23.0 Å². The molecule has 1 N–H and O–H groups in total. The van der Waals surface area contributed by atoms with Crippen molar-refractivity contribution < 1.29 is 0 Å². The van der Waals surface area contributed by atoms with Crippen LogP contribution in [0.3, 0.4) is 0 Å². The highest BCUT2D eigenvalue weighted by Crippen LogP contribution is 2.07. The average molecular weight is 232 g/mol. The van der Waals surface area contributed by atoms with Crippen LogP contribution in [-0.4, -0.2) is 19.7 Å². The van der Waals surface area contributed by atoms with Crippen molar-refractivity contribution >= 4 is 0 Å².